The Bertz CT molecular complexity index is 1160. The number of halogens is 1. The number of hydrogen-bond donors (Lipinski definition) is 2. The lowest BCUT2D eigenvalue weighted by molar-refractivity contribution is 0.694. The van der Waals surface area contributed by atoms with E-state index in [2.05, 4.69) is 33.6 Å². The molecule has 7 nitrogen and oxygen atoms in total. The van der Waals surface area contributed by atoms with E-state index < -0.39 is 0 Å². The van der Waals surface area contributed by atoms with Gasteiger partial charge in [-0.1, -0.05) is 11.6 Å². The molecule has 1 aliphatic rings. The molecular weight excluding hydrogens is 376 g/mol. The maximum atomic E-state index is 12.3. The van der Waals surface area contributed by atoms with Gasteiger partial charge in [-0.2, -0.15) is 5.26 Å². The highest BCUT2D eigenvalue weighted by Crippen LogP contribution is 2.35. The summed E-state index contributed by atoms with van der Waals surface area (Å²) in [6.07, 6.45) is 5.59. The molecule has 0 radical (unpaired) electrons. The molecule has 0 amide bonds. The molecule has 1 atom stereocenters. The van der Waals surface area contributed by atoms with Crippen molar-refractivity contribution in [3.63, 3.8) is 0 Å². The van der Waals surface area contributed by atoms with Gasteiger partial charge in [0.15, 0.2) is 0 Å². The van der Waals surface area contributed by atoms with Gasteiger partial charge < -0.3 is 10.6 Å². The number of aromatic nitrogens is 3. The molecule has 28 heavy (non-hydrogen) atoms. The molecule has 8 heteroatoms. The second-order valence-electron chi connectivity index (χ2n) is 7.08. The van der Waals surface area contributed by atoms with Gasteiger partial charge >= 0.3 is 0 Å². The molecule has 0 aromatic carbocycles. The first kappa shape index (κ1) is 18.3. The molecule has 1 aliphatic carbocycles. The third-order valence-corrected chi connectivity index (χ3v) is 5.37. The van der Waals surface area contributed by atoms with Crippen LogP contribution in [0.2, 0.25) is 5.15 Å². The second-order valence-corrected chi connectivity index (χ2v) is 7.44. The highest BCUT2D eigenvalue weighted by Gasteiger charge is 2.28. The monoisotopic (exact) mass is 394 g/mol. The second kappa shape index (κ2) is 7.13. The van der Waals surface area contributed by atoms with Crippen molar-refractivity contribution in [2.24, 2.45) is 13.0 Å². The van der Waals surface area contributed by atoms with Gasteiger partial charge in [0.25, 0.3) is 5.56 Å². The zero-order valence-electron chi connectivity index (χ0n) is 15.5. The summed E-state index contributed by atoms with van der Waals surface area (Å²) in [5.41, 5.74) is 2.75. The maximum absolute atomic E-state index is 12.3. The van der Waals surface area contributed by atoms with E-state index in [4.69, 9.17) is 11.6 Å². The number of nitrogens with one attached hydrogen (secondary N) is 2. The number of nitriles is 1. The number of nitrogens with zero attached hydrogens (tertiary/aromatic N) is 4. The highest BCUT2D eigenvalue weighted by molar-refractivity contribution is 6.31. The van der Waals surface area contributed by atoms with Gasteiger partial charge in [-0.3, -0.25) is 9.36 Å². The SMILES string of the molecule is C[C@@H](Nc1cc(=O)n(C)c2ncc(Nc3ccnc(Cl)c3C#N)cc12)C1CC1. The molecular formula is C20H19ClN6O. The topological polar surface area (TPSA) is 95.6 Å². The Kier molecular flexibility index (Phi) is 4.65. The summed E-state index contributed by atoms with van der Waals surface area (Å²) in [4.78, 5) is 20.7. The smallest absolute Gasteiger partial charge is 0.253 e. The number of pyridine rings is 3. The number of aryl methyl sites for hydroxylation is 1. The first-order valence-electron chi connectivity index (χ1n) is 9.06. The Balaban J connectivity index is 1.77. The lowest BCUT2D eigenvalue weighted by Gasteiger charge is -2.18. The van der Waals surface area contributed by atoms with Crippen LogP contribution in [0.1, 0.15) is 25.3 Å². The Morgan fingerprint density at radius 1 is 1.32 bits per heavy atom. The highest BCUT2D eigenvalue weighted by atomic mass is 35.5. The quantitative estimate of drug-likeness (QED) is 0.639. The van der Waals surface area contributed by atoms with Crippen molar-refractivity contribution in [2.75, 3.05) is 10.6 Å². The minimum absolute atomic E-state index is 0.112. The number of fused-ring (bicyclic) bond motifs is 1. The van der Waals surface area contributed by atoms with E-state index in [1.165, 1.54) is 23.6 Å². The van der Waals surface area contributed by atoms with Crippen LogP contribution >= 0.6 is 11.6 Å². The summed E-state index contributed by atoms with van der Waals surface area (Å²) < 4.78 is 1.52. The van der Waals surface area contributed by atoms with Crippen LogP contribution in [0.25, 0.3) is 11.0 Å². The fourth-order valence-corrected chi connectivity index (χ4v) is 3.48. The predicted molar refractivity (Wildman–Crippen MR) is 110 cm³/mol. The largest absolute Gasteiger partial charge is 0.382 e. The summed E-state index contributed by atoms with van der Waals surface area (Å²) in [7, 11) is 1.70. The Morgan fingerprint density at radius 2 is 2.11 bits per heavy atom. The fraction of sp³-hybridized carbons (Fsp3) is 0.300. The summed E-state index contributed by atoms with van der Waals surface area (Å²) in [5, 5.41) is 17.0. The van der Waals surface area contributed by atoms with E-state index in [1.54, 1.807) is 25.4 Å². The summed E-state index contributed by atoms with van der Waals surface area (Å²) in [6, 6.07) is 7.56. The van der Waals surface area contributed by atoms with E-state index in [0.29, 0.717) is 22.9 Å². The predicted octanol–water partition coefficient (Wildman–Crippen LogP) is 3.81. The molecule has 142 valence electrons. The van der Waals surface area contributed by atoms with Crippen molar-refractivity contribution >= 4 is 39.7 Å². The molecule has 0 bridgehead atoms. The molecule has 0 spiro atoms. The number of rotatable bonds is 5. The van der Waals surface area contributed by atoms with Gasteiger partial charge in [-0.25, -0.2) is 9.97 Å². The van der Waals surface area contributed by atoms with E-state index in [-0.39, 0.29) is 22.3 Å². The minimum atomic E-state index is -0.112. The minimum Gasteiger partial charge on any atom is -0.382 e. The van der Waals surface area contributed by atoms with Crippen LogP contribution in [-0.2, 0) is 7.05 Å². The van der Waals surface area contributed by atoms with Crippen molar-refractivity contribution < 1.29 is 0 Å². The third-order valence-electron chi connectivity index (χ3n) is 5.08. The number of anilines is 3. The standard InChI is InChI=1S/C20H19ClN6O/c1-11(12-3-4-12)25-17-8-18(28)27(2)20-14(17)7-13(10-24-20)26-16-5-6-23-19(21)15(16)9-22/h5-8,10-12,25H,3-4H2,1-2H3,(H,23,26)/t11-/m1/s1. The maximum Gasteiger partial charge on any atom is 0.253 e. The Labute approximate surface area is 167 Å². The van der Waals surface area contributed by atoms with Gasteiger partial charge in [0.1, 0.15) is 22.4 Å². The van der Waals surface area contributed by atoms with Gasteiger partial charge in [0.2, 0.25) is 0 Å². The van der Waals surface area contributed by atoms with Gasteiger partial charge in [0, 0.05) is 30.7 Å². The molecule has 4 rings (SSSR count). The third kappa shape index (κ3) is 3.39. The molecule has 0 aliphatic heterocycles. The average Bonchev–Trinajstić information content (AvgIpc) is 3.51. The van der Waals surface area contributed by atoms with E-state index in [0.717, 1.165) is 11.1 Å². The molecule has 3 heterocycles. The van der Waals surface area contributed by atoms with Crippen LogP contribution in [0.15, 0.2) is 35.4 Å². The van der Waals surface area contributed by atoms with Crippen LogP contribution in [0, 0.1) is 17.2 Å². The molecule has 3 aromatic rings. The van der Waals surface area contributed by atoms with Crippen molar-refractivity contribution in [1.29, 1.82) is 5.26 Å². The number of hydrogen-bond acceptors (Lipinski definition) is 6. The molecule has 1 saturated carbocycles. The van der Waals surface area contributed by atoms with Gasteiger partial charge in [0.05, 0.1) is 23.3 Å². The van der Waals surface area contributed by atoms with Gasteiger partial charge in [-0.15, -0.1) is 0 Å². The Morgan fingerprint density at radius 3 is 2.82 bits per heavy atom. The molecule has 1 fully saturated rings. The summed E-state index contributed by atoms with van der Waals surface area (Å²) in [5.74, 6) is 0.644. The molecule has 0 unspecified atom stereocenters. The van der Waals surface area contributed by atoms with Crippen molar-refractivity contribution in [3.8, 4) is 6.07 Å². The zero-order chi connectivity index (χ0) is 19.8. The van der Waals surface area contributed by atoms with E-state index >= 15 is 0 Å². The average molecular weight is 395 g/mol. The zero-order valence-corrected chi connectivity index (χ0v) is 16.3. The van der Waals surface area contributed by atoms with E-state index in [1.807, 2.05) is 6.07 Å². The first-order valence-corrected chi connectivity index (χ1v) is 9.43. The van der Waals surface area contributed by atoms with Crippen LogP contribution < -0.4 is 16.2 Å². The van der Waals surface area contributed by atoms with Gasteiger partial charge in [-0.05, 0) is 37.8 Å². The van der Waals surface area contributed by atoms with Crippen LogP contribution in [0.5, 0.6) is 0 Å². The summed E-state index contributed by atoms with van der Waals surface area (Å²) >= 11 is 6.01. The fourth-order valence-electron chi connectivity index (χ4n) is 3.27. The van der Waals surface area contributed by atoms with Crippen LogP contribution in [-0.4, -0.2) is 20.6 Å². The summed E-state index contributed by atoms with van der Waals surface area (Å²) in [6.45, 7) is 2.13. The van der Waals surface area contributed by atoms with Crippen molar-refractivity contribution in [2.45, 2.75) is 25.8 Å². The molecule has 2 N–H and O–H groups in total. The molecule has 0 saturated heterocycles. The lowest BCUT2D eigenvalue weighted by atomic mass is 10.1. The van der Waals surface area contributed by atoms with Crippen molar-refractivity contribution in [1.82, 2.24) is 14.5 Å². The van der Waals surface area contributed by atoms with E-state index in [9.17, 15) is 10.1 Å². The lowest BCUT2D eigenvalue weighted by Crippen LogP contribution is -2.22. The van der Waals surface area contributed by atoms with Crippen LogP contribution in [0.3, 0.4) is 0 Å². The Hall–Kier alpha value is -3.11. The normalized spacial score (nSPS) is 14.5. The van der Waals surface area contributed by atoms with Crippen LogP contribution in [0.4, 0.5) is 17.1 Å². The first-order chi connectivity index (χ1) is 13.5. The van der Waals surface area contributed by atoms with Crippen molar-refractivity contribution in [3.05, 3.63) is 51.7 Å². The molecule has 3 aromatic heterocycles.